The second kappa shape index (κ2) is 8.58. The quantitative estimate of drug-likeness (QED) is 0.467. The van der Waals surface area contributed by atoms with Crippen LogP contribution < -0.4 is 4.74 Å². The lowest BCUT2D eigenvalue weighted by Gasteiger charge is -2.20. The number of ether oxygens (including phenoxy) is 2. The lowest BCUT2D eigenvalue weighted by Crippen LogP contribution is -2.13. The first kappa shape index (κ1) is 21.2. The van der Waals surface area contributed by atoms with Crippen molar-refractivity contribution in [3.05, 3.63) is 71.1 Å². The van der Waals surface area contributed by atoms with Crippen molar-refractivity contribution in [2.75, 3.05) is 13.7 Å². The highest BCUT2D eigenvalue weighted by Crippen LogP contribution is 2.48. The molecule has 0 fully saturated rings. The Balaban J connectivity index is 1.42. The minimum atomic E-state index is -0.160. The lowest BCUT2D eigenvalue weighted by atomic mass is 9.85. The molecule has 1 unspecified atom stereocenters. The van der Waals surface area contributed by atoms with Gasteiger partial charge in [0.1, 0.15) is 11.5 Å². The van der Waals surface area contributed by atoms with Gasteiger partial charge >= 0.3 is 5.97 Å². The topological polar surface area (TPSA) is 61.6 Å². The van der Waals surface area contributed by atoms with Crippen molar-refractivity contribution in [2.45, 2.75) is 51.4 Å². The summed E-state index contributed by atoms with van der Waals surface area (Å²) in [4.78, 5) is 16.4. The Kier molecular flexibility index (Phi) is 5.86. The van der Waals surface area contributed by atoms with Crippen molar-refractivity contribution in [1.29, 1.82) is 0 Å². The van der Waals surface area contributed by atoms with Crippen molar-refractivity contribution >= 4 is 5.97 Å². The van der Waals surface area contributed by atoms with Gasteiger partial charge in [-0.3, -0.25) is 4.79 Å². The van der Waals surface area contributed by atoms with Gasteiger partial charge in [0.05, 0.1) is 25.8 Å². The molecule has 0 amide bonds. The molecule has 0 radical (unpaired) electrons. The molecular weight excluding hydrogens is 390 g/mol. The van der Waals surface area contributed by atoms with Crippen LogP contribution in [0.4, 0.5) is 0 Å². The van der Waals surface area contributed by atoms with Gasteiger partial charge in [0.25, 0.3) is 0 Å². The number of aromatic nitrogens is 1. The number of hydrogen-bond acceptors (Lipinski definition) is 5. The normalized spacial score (nSPS) is 16.7. The van der Waals surface area contributed by atoms with Crippen molar-refractivity contribution in [2.24, 2.45) is 0 Å². The third kappa shape index (κ3) is 4.50. The van der Waals surface area contributed by atoms with Gasteiger partial charge in [-0.05, 0) is 60.1 Å². The molecule has 1 heterocycles. The zero-order valence-corrected chi connectivity index (χ0v) is 18.6. The van der Waals surface area contributed by atoms with E-state index in [-0.39, 0.29) is 17.3 Å². The number of rotatable bonds is 7. The predicted molar refractivity (Wildman–Crippen MR) is 119 cm³/mol. The summed E-state index contributed by atoms with van der Waals surface area (Å²) < 4.78 is 16.8. The van der Waals surface area contributed by atoms with E-state index >= 15 is 0 Å². The maximum absolute atomic E-state index is 11.8. The maximum atomic E-state index is 11.8. The van der Waals surface area contributed by atoms with Crippen molar-refractivity contribution < 1.29 is 18.7 Å². The van der Waals surface area contributed by atoms with Gasteiger partial charge in [0.2, 0.25) is 5.89 Å². The fraction of sp³-hybridized carbons (Fsp3) is 0.385. The molecule has 1 aliphatic rings. The van der Waals surface area contributed by atoms with Gasteiger partial charge in [0, 0.05) is 12.0 Å². The van der Waals surface area contributed by atoms with E-state index < -0.39 is 0 Å². The molecule has 1 aliphatic carbocycles. The van der Waals surface area contributed by atoms with Crippen molar-refractivity contribution in [1.82, 2.24) is 4.98 Å². The summed E-state index contributed by atoms with van der Waals surface area (Å²) in [5, 5.41) is 0. The minimum absolute atomic E-state index is 0.000673. The molecule has 0 N–H and O–H groups in total. The summed E-state index contributed by atoms with van der Waals surface area (Å²) in [5.74, 6) is 2.34. The predicted octanol–water partition coefficient (Wildman–Crippen LogP) is 5.60. The number of aryl methyl sites for hydroxylation is 1. The molecule has 2 aromatic carbocycles. The van der Waals surface area contributed by atoms with E-state index in [4.69, 9.17) is 13.9 Å². The summed E-state index contributed by atoms with van der Waals surface area (Å²) in [5.41, 5.74) is 4.37. The molecular formula is C26H29NO4. The van der Waals surface area contributed by atoms with Gasteiger partial charge in [-0.15, -0.1) is 0 Å². The van der Waals surface area contributed by atoms with Crippen LogP contribution in [-0.2, 0) is 21.4 Å². The molecule has 4 rings (SSSR count). The van der Waals surface area contributed by atoms with E-state index in [0.717, 1.165) is 29.2 Å². The van der Waals surface area contributed by atoms with Gasteiger partial charge in [0.15, 0.2) is 0 Å². The Labute approximate surface area is 183 Å². The van der Waals surface area contributed by atoms with E-state index in [1.807, 2.05) is 43.3 Å². The summed E-state index contributed by atoms with van der Waals surface area (Å²) >= 11 is 0. The van der Waals surface area contributed by atoms with Crippen LogP contribution in [0.3, 0.4) is 0 Å². The smallest absolute Gasteiger partial charge is 0.306 e. The number of carbonyl (C=O) groups is 1. The number of methoxy groups -OCH3 is 1. The molecule has 0 saturated carbocycles. The Morgan fingerprint density at radius 1 is 1.19 bits per heavy atom. The van der Waals surface area contributed by atoms with Gasteiger partial charge in [-0.2, -0.15) is 0 Å². The number of nitrogens with zero attached hydrogens (tertiary/aromatic N) is 1. The molecule has 0 aliphatic heterocycles. The van der Waals surface area contributed by atoms with E-state index in [1.165, 1.54) is 18.2 Å². The van der Waals surface area contributed by atoms with Crippen LogP contribution in [0.15, 0.2) is 52.9 Å². The van der Waals surface area contributed by atoms with Crippen LogP contribution in [0.25, 0.3) is 11.5 Å². The molecule has 31 heavy (non-hydrogen) atoms. The molecule has 1 atom stereocenters. The first-order valence-corrected chi connectivity index (χ1v) is 10.7. The Morgan fingerprint density at radius 3 is 2.71 bits per heavy atom. The van der Waals surface area contributed by atoms with Crippen LogP contribution in [0.5, 0.6) is 5.75 Å². The maximum Gasteiger partial charge on any atom is 0.306 e. The number of hydrogen-bond donors (Lipinski definition) is 0. The number of benzene rings is 2. The van der Waals surface area contributed by atoms with Crippen molar-refractivity contribution in [3.63, 3.8) is 0 Å². The summed E-state index contributed by atoms with van der Waals surface area (Å²) in [6.45, 7) is 6.90. The van der Waals surface area contributed by atoms with E-state index in [1.54, 1.807) is 0 Å². The standard InChI is InChI=1S/C26H29NO4/c1-17-23(27-25(31-17)18-8-6-5-7-9-18)12-13-30-20-10-11-21-19(14-24(28)29-4)16-26(2,3)22(21)15-20/h5-11,15,19H,12-14,16H2,1-4H3. The highest BCUT2D eigenvalue weighted by atomic mass is 16.5. The second-order valence-electron chi connectivity index (χ2n) is 8.80. The second-order valence-corrected chi connectivity index (χ2v) is 8.80. The van der Waals surface area contributed by atoms with E-state index in [0.29, 0.717) is 25.3 Å². The molecule has 5 heteroatoms. The molecule has 3 aromatic rings. The summed E-state index contributed by atoms with van der Waals surface area (Å²) in [6.07, 6.45) is 2.03. The molecule has 0 saturated heterocycles. The third-order valence-corrected chi connectivity index (χ3v) is 6.11. The molecule has 162 valence electrons. The van der Waals surface area contributed by atoms with Gasteiger partial charge in [-0.1, -0.05) is 38.1 Å². The fourth-order valence-electron chi connectivity index (χ4n) is 4.50. The lowest BCUT2D eigenvalue weighted by molar-refractivity contribution is -0.141. The molecule has 0 bridgehead atoms. The minimum Gasteiger partial charge on any atom is -0.493 e. The molecule has 1 aromatic heterocycles. The largest absolute Gasteiger partial charge is 0.493 e. The van der Waals surface area contributed by atoms with E-state index in [2.05, 4.69) is 31.0 Å². The average Bonchev–Trinajstić information content (AvgIpc) is 3.25. The Bertz CT molecular complexity index is 1070. The van der Waals surface area contributed by atoms with Crippen LogP contribution in [0.1, 0.15) is 55.2 Å². The van der Waals surface area contributed by atoms with Crippen LogP contribution >= 0.6 is 0 Å². The van der Waals surface area contributed by atoms with Crippen LogP contribution in [0.2, 0.25) is 0 Å². The SMILES string of the molecule is COC(=O)CC1CC(C)(C)c2cc(OCCc3nc(-c4ccccc4)oc3C)ccc21. The first-order chi connectivity index (χ1) is 14.9. The number of fused-ring (bicyclic) bond motifs is 1. The zero-order valence-electron chi connectivity index (χ0n) is 18.6. The van der Waals surface area contributed by atoms with Crippen molar-refractivity contribution in [3.8, 4) is 17.2 Å². The van der Waals surface area contributed by atoms with Crippen LogP contribution in [0, 0.1) is 6.92 Å². The summed E-state index contributed by atoms with van der Waals surface area (Å²) in [6, 6.07) is 16.1. The average molecular weight is 420 g/mol. The highest BCUT2D eigenvalue weighted by molar-refractivity contribution is 5.71. The van der Waals surface area contributed by atoms with Crippen LogP contribution in [-0.4, -0.2) is 24.7 Å². The van der Waals surface area contributed by atoms with Gasteiger partial charge < -0.3 is 13.9 Å². The van der Waals surface area contributed by atoms with Gasteiger partial charge in [-0.25, -0.2) is 4.98 Å². The highest BCUT2D eigenvalue weighted by Gasteiger charge is 2.38. The zero-order chi connectivity index (χ0) is 22.0. The Hall–Kier alpha value is -3.08. The number of esters is 1. The number of carbonyl (C=O) groups excluding carboxylic acids is 1. The third-order valence-electron chi connectivity index (χ3n) is 6.11. The number of oxazole rings is 1. The molecule has 5 nitrogen and oxygen atoms in total. The fourth-order valence-corrected chi connectivity index (χ4v) is 4.50. The monoisotopic (exact) mass is 419 g/mol. The van der Waals surface area contributed by atoms with E-state index in [9.17, 15) is 4.79 Å². The Morgan fingerprint density at radius 2 is 1.97 bits per heavy atom. The molecule has 0 spiro atoms. The first-order valence-electron chi connectivity index (χ1n) is 10.7. The summed E-state index contributed by atoms with van der Waals surface area (Å²) in [7, 11) is 1.44.